The minimum Gasteiger partial charge on any atom is -0.324 e. The van der Waals surface area contributed by atoms with E-state index in [4.69, 9.17) is 17.3 Å². The minimum atomic E-state index is 0.0831. The maximum atomic E-state index is 6.20. The fourth-order valence-electron chi connectivity index (χ4n) is 1.74. The predicted octanol–water partition coefficient (Wildman–Crippen LogP) is 2.59. The number of hydrogen-bond donors (Lipinski definition) is 2. The molecule has 0 fully saturated rings. The fraction of sp³-hybridized carbons (Fsp3) is 0.500. The van der Waals surface area contributed by atoms with Gasteiger partial charge in [0, 0.05) is 11.1 Å². The van der Waals surface area contributed by atoms with Gasteiger partial charge in [-0.25, -0.2) is 0 Å². The highest BCUT2D eigenvalue weighted by Crippen LogP contribution is 2.23. The number of halogens is 1. The van der Waals surface area contributed by atoms with E-state index in [1.807, 2.05) is 31.3 Å². The van der Waals surface area contributed by atoms with Crippen molar-refractivity contribution >= 4 is 11.6 Å². The van der Waals surface area contributed by atoms with Gasteiger partial charge in [-0.1, -0.05) is 37.1 Å². The quantitative estimate of drug-likeness (QED) is 0.810. The summed E-state index contributed by atoms with van der Waals surface area (Å²) in [6, 6.07) is 7.88. The average Bonchev–Trinajstić information content (AvgIpc) is 2.26. The lowest BCUT2D eigenvalue weighted by Crippen LogP contribution is -2.29. The van der Waals surface area contributed by atoms with Crippen molar-refractivity contribution in [2.45, 2.75) is 19.4 Å². The van der Waals surface area contributed by atoms with Crippen LogP contribution in [0.15, 0.2) is 24.3 Å². The molecule has 1 rings (SSSR count). The molecule has 3 N–H and O–H groups in total. The normalized spacial score (nSPS) is 14.9. The molecule has 1 aromatic carbocycles. The second-order valence-corrected chi connectivity index (χ2v) is 4.24. The van der Waals surface area contributed by atoms with Crippen LogP contribution in [0.3, 0.4) is 0 Å². The van der Waals surface area contributed by atoms with Crippen LogP contribution < -0.4 is 11.1 Å². The number of hydrogen-bond acceptors (Lipinski definition) is 2. The largest absolute Gasteiger partial charge is 0.324 e. The Morgan fingerprint density at radius 1 is 1.33 bits per heavy atom. The third-order valence-corrected chi connectivity index (χ3v) is 3.01. The highest BCUT2D eigenvalue weighted by atomic mass is 35.5. The highest BCUT2D eigenvalue weighted by Gasteiger charge is 2.16. The van der Waals surface area contributed by atoms with Gasteiger partial charge in [0.15, 0.2) is 0 Å². The zero-order valence-electron chi connectivity index (χ0n) is 9.33. The lowest BCUT2D eigenvalue weighted by molar-refractivity contribution is 0.403. The molecule has 3 heteroatoms. The van der Waals surface area contributed by atoms with Gasteiger partial charge in [0.25, 0.3) is 0 Å². The molecule has 15 heavy (non-hydrogen) atoms. The summed E-state index contributed by atoms with van der Waals surface area (Å²) >= 11 is 5.84. The first-order valence-electron chi connectivity index (χ1n) is 5.34. The van der Waals surface area contributed by atoms with Gasteiger partial charge < -0.3 is 11.1 Å². The Balaban J connectivity index is 2.73. The third kappa shape index (κ3) is 3.49. The second kappa shape index (κ2) is 6.11. The van der Waals surface area contributed by atoms with Crippen molar-refractivity contribution in [3.05, 3.63) is 34.9 Å². The first-order valence-corrected chi connectivity index (χ1v) is 5.72. The van der Waals surface area contributed by atoms with Gasteiger partial charge in [-0.05, 0) is 37.2 Å². The molecule has 84 valence electrons. The van der Waals surface area contributed by atoms with Gasteiger partial charge in [-0.15, -0.1) is 0 Å². The van der Waals surface area contributed by atoms with Crippen LogP contribution in [-0.4, -0.2) is 13.6 Å². The Hall–Kier alpha value is -0.570. The van der Waals surface area contributed by atoms with E-state index in [2.05, 4.69) is 12.2 Å². The molecule has 1 aromatic rings. The van der Waals surface area contributed by atoms with Gasteiger partial charge in [0.1, 0.15) is 0 Å². The van der Waals surface area contributed by atoms with Crippen molar-refractivity contribution in [1.29, 1.82) is 0 Å². The summed E-state index contributed by atoms with van der Waals surface area (Å²) in [5, 5.41) is 3.93. The number of nitrogens with one attached hydrogen (secondary N) is 1. The Kier molecular flexibility index (Phi) is 5.09. The minimum absolute atomic E-state index is 0.0831. The van der Waals surface area contributed by atoms with Gasteiger partial charge in [0.05, 0.1) is 0 Å². The molecular formula is C12H19ClN2. The summed E-state index contributed by atoms with van der Waals surface area (Å²) in [6.07, 6.45) is 1.07. The molecule has 0 saturated carbocycles. The van der Waals surface area contributed by atoms with E-state index in [0.717, 1.165) is 23.6 Å². The molecule has 0 saturated heterocycles. The molecule has 0 heterocycles. The second-order valence-electron chi connectivity index (χ2n) is 3.80. The molecule has 0 aliphatic heterocycles. The molecular weight excluding hydrogens is 208 g/mol. The van der Waals surface area contributed by atoms with Crippen molar-refractivity contribution in [1.82, 2.24) is 5.32 Å². The van der Waals surface area contributed by atoms with E-state index in [0.29, 0.717) is 5.92 Å². The smallest absolute Gasteiger partial charge is 0.0406 e. The van der Waals surface area contributed by atoms with Crippen LogP contribution >= 0.6 is 11.6 Å². The molecule has 2 unspecified atom stereocenters. The molecule has 0 bridgehead atoms. The Bertz CT molecular complexity index is 284. The summed E-state index contributed by atoms with van der Waals surface area (Å²) in [5.74, 6) is 0.469. The third-order valence-electron chi connectivity index (χ3n) is 2.75. The Morgan fingerprint density at radius 3 is 2.40 bits per heavy atom. The Morgan fingerprint density at radius 2 is 1.93 bits per heavy atom. The standard InChI is InChI=1S/C12H19ClN2/c1-3-9(8-15-2)12(14)10-4-6-11(13)7-5-10/h4-7,9,12,15H,3,8,14H2,1-2H3. The van der Waals surface area contributed by atoms with Gasteiger partial charge >= 0.3 is 0 Å². The summed E-state index contributed by atoms with van der Waals surface area (Å²) in [4.78, 5) is 0. The summed E-state index contributed by atoms with van der Waals surface area (Å²) in [5.41, 5.74) is 7.36. The van der Waals surface area contributed by atoms with Crippen molar-refractivity contribution in [3.8, 4) is 0 Å². The Labute approximate surface area is 96.8 Å². The first-order chi connectivity index (χ1) is 7.19. The lowest BCUT2D eigenvalue weighted by Gasteiger charge is -2.22. The molecule has 0 amide bonds. The molecule has 2 nitrogen and oxygen atoms in total. The summed E-state index contributed by atoms with van der Waals surface area (Å²) < 4.78 is 0. The van der Waals surface area contributed by atoms with E-state index in [9.17, 15) is 0 Å². The van der Waals surface area contributed by atoms with Gasteiger partial charge in [-0.3, -0.25) is 0 Å². The average molecular weight is 227 g/mol. The van der Waals surface area contributed by atoms with Crippen molar-refractivity contribution < 1.29 is 0 Å². The lowest BCUT2D eigenvalue weighted by atomic mass is 9.91. The first kappa shape index (κ1) is 12.5. The fourth-order valence-corrected chi connectivity index (χ4v) is 1.87. The number of rotatable bonds is 5. The predicted molar refractivity (Wildman–Crippen MR) is 66.1 cm³/mol. The van der Waals surface area contributed by atoms with E-state index in [1.165, 1.54) is 0 Å². The summed E-state index contributed by atoms with van der Waals surface area (Å²) in [6.45, 7) is 3.11. The van der Waals surface area contributed by atoms with Gasteiger partial charge in [-0.2, -0.15) is 0 Å². The SMILES string of the molecule is CCC(CNC)C(N)c1ccc(Cl)cc1. The van der Waals surface area contributed by atoms with Gasteiger partial charge in [0.2, 0.25) is 0 Å². The van der Waals surface area contributed by atoms with Crippen molar-refractivity contribution in [3.63, 3.8) is 0 Å². The maximum Gasteiger partial charge on any atom is 0.0406 e. The topological polar surface area (TPSA) is 38.0 Å². The zero-order chi connectivity index (χ0) is 11.3. The maximum absolute atomic E-state index is 6.20. The zero-order valence-corrected chi connectivity index (χ0v) is 10.1. The molecule has 0 aliphatic carbocycles. The van der Waals surface area contributed by atoms with E-state index in [1.54, 1.807) is 0 Å². The summed E-state index contributed by atoms with van der Waals surface area (Å²) in [7, 11) is 1.96. The van der Waals surface area contributed by atoms with Crippen LogP contribution in [0.2, 0.25) is 5.02 Å². The highest BCUT2D eigenvalue weighted by molar-refractivity contribution is 6.30. The van der Waals surface area contributed by atoms with E-state index >= 15 is 0 Å². The van der Waals surface area contributed by atoms with Crippen LogP contribution in [-0.2, 0) is 0 Å². The van der Waals surface area contributed by atoms with E-state index < -0.39 is 0 Å². The van der Waals surface area contributed by atoms with Crippen LogP contribution in [0.4, 0.5) is 0 Å². The number of nitrogens with two attached hydrogens (primary N) is 1. The molecule has 0 aromatic heterocycles. The monoisotopic (exact) mass is 226 g/mol. The molecule has 2 atom stereocenters. The molecule has 0 aliphatic rings. The van der Waals surface area contributed by atoms with Crippen LogP contribution in [0.1, 0.15) is 24.9 Å². The van der Waals surface area contributed by atoms with Crippen molar-refractivity contribution in [2.24, 2.45) is 11.7 Å². The molecule has 0 spiro atoms. The molecule has 0 radical (unpaired) electrons. The number of benzene rings is 1. The van der Waals surface area contributed by atoms with Crippen LogP contribution in [0.5, 0.6) is 0 Å². The van der Waals surface area contributed by atoms with Crippen LogP contribution in [0, 0.1) is 5.92 Å². The van der Waals surface area contributed by atoms with Crippen LogP contribution in [0.25, 0.3) is 0 Å². The van der Waals surface area contributed by atoms with Crippen molar-refractivity contribution in [2.75, 3.05) is 13.6 Å². The van der Waals surface area contributed by atoms with E-state index in [-0.39, 0.29) is 6.04 Å².